The maximum atomic E-state index is 12.3. The number of rotatable bonds is 2. The van der Waals surface area contributed by atoms with Crippen LogP contribution < -0.4 is 10.6 Å². The van der Waals surface area contributed by atoms with Crippen LogP contribution in [0.15, 0.2) is 40.9 Å². The van der Waals surface area contributed by atoms with Gasteiger partial charge in [-0.1, -0.05) is 18.2 Å². The number of anilines is 2. The molecule has 2 aromatic rings. The smallest absolute Gasteiger partial charge is 0.248 e. The number of hydrogen-bond acceptors (Lipinski definition) is 3. The fraction of sp³-hybridized carbons (Fsp3) is 0.200. The fourth-order valence-electron chi connectivity index (χ4n) is 2.28. The van der Waals surface area contributed by atoms with Crippen molar-refractivity contribution in [2.24, 2.45) is 0 Å². The lowest BCUT2D eigenvalue weighted by atomic mass is 10.1. The van der Waals surface area contributed by atoms with E-state index < -0.39 is 0 Å². The van der Waals surface area contributed by atoms with E-state index in [1.807, 2.05) is 37.3 Å². The number of carbonyl (C=O) groups excluding carboxylic acids is 1. The lowest BCUT2D eigenvalue weighted by Crippen LogP contribution is -2.33. The van der Waals surface area contributed by atoms with Crippen LogP contribution in [0.4, 0.5) is 11.5 Å². The number of aryl methyl sites for hydroxylation is 1. The van der Waals surface area contributed by atoms with E-state index in [0.29, 0.717) is 12.2 Å². The molecule has 2 heterocycles. The number of nitrogens with zero attached hydrogens (tertiary/aromatic N) is 1. The molecule has 1 amide bonds. The Labute approximate surface area is 125 Å². The van der Waals surface area contributed by atoms with Gasteiger partial charge in [0.25, 0.3) is 0 Å². The Balaban J connectivity index is 1.71. The summed E-state index contributed by atoms with van der Waals surface area (Å²) in [6.45, 7) is 1.89. The third-order valence-corrected chi connectivity index (χ3v) is 4.20. The molecule has 1 aliphatic rings. The quantitative estimate of drug-likeness (QED) is 0.888. The van der Waals surface area contributed by atoms with E-state index in [-0.39, 0.29) is 11.9 Å². The second-order valence-corrected chi connectivity index (χ2v) is 5.67. The lowest BCUT2D eigenvalue weighted by Gasteiger charge is -2.12. The highest BCUT2D eigenvalue weighted by Gasteiger charge is 2.26. The summed E-state index contributed by atoms with van der Waals surface area (Å²) in [7, 11) is 0. The number of hydrogen-bond donors (Lipinski definition) is 2. The van der Waals surface area contributed by atoms with E-state index in [0.717, 1.165) is 15.9 Å². The third-order valence-electron chi connectivity index (χ3n) is 3.36. The zero-order valence-corrected chi connectivity index (χ0v) is 12.6. The summed E-state index contributed by atoms with van der Waals surface area (Å²) in [4.78, 5) is 16.6. The Morgan fingerprint density at radius 3 is 2.90 bits per heavy atom. The average Bonchev–Trinajstić information content (AvgIpc) is 2.87. The maximum Gasteiger partial charge on any atom is 0.248 e. The zero-order valence-electron chi connectivity index (χ0n) is 11.0. The number of nitrogens with one attached hydrogen (secondary N) is 2. The van der Waals surface area contributed by atoms with Crippen molar-refractivity contribution in [3.8, 4) is 0 Å². The normalized spacial score (nSPS) is 16.4. The Morgan fingerprint density at radius 1 is 1.35 bits per heavy atom. The second-order valence-electron chi connectivity index (χ2n) is 4.81. The molecule has 1 aliphatic heterocycles. The number of aromatic nitrogens is 1. The van der Waals surface area contributed by atoms with Gasteiger partial charge in [0.05, 0.1) is 5.69 Å². The first-order valence-electron chi connectivity index (χ1n) is 6.42. The van der Waals surface area contributed by atoms with Crippen molar-refractivity contribution in [1.82, 2.24) is 4.98 Å². The molecule has 0 spiro atoms. The van der Waals surface area contributed by atoms with Crippen LogP contribution in [0.5, 0.6) is 0 Å². The van der Waals surface area contributed by atoms with Crippen LogP contribution in [0.25, 0.3) is 0 Å². The highest BCUT2D eigenvalue weighted by atomic mass is 79.9. The van der Waals surface area contributed by atoms with Crippen molar-refractivity contribution >= 4 is 33.3 Å². The van der Waals surface area contributed by atoms with Gasteiger partial charge in [0, 0.05) is 16.6 Å². The Bertz CT molecular complexity index is 647. The third kappa shape index (κ3) is 2.54. The van der Waals surface area contributed by atoms with Gasteiger partial charge in [-0.25, -0.2) is 4.98 Å². The van der Waals surface area contributed by atoms with E-state index in [1.165, 1.54) is 5.56 Å². The van der Waals surface area contributed by atoms with Crippen molar-refractivity contribution < 1.29 is 4.79 Å². The average molecular weight is 332 g/mol. The Morgan fingerprint density at radius 2 is 2.15 bits per heavy atom. The van der Waals surface area contributed by atoms with Gasteiger partial charge >= 0.3 is 0 Å². The van der Waals surface area contributed by atoms with Crippen LogP contribution in [0.3, 0.4) is 0 Å². The van der Waals surface area contributed by atoms with Crippen molar-refractivity contribution in [1.29, 1.82) is 0 Å². The first kappa shape index (κ1) is 13.1. The highest BCUT2D eigenvalue weighted by molar-refractivity contribution is 9.10. The van der Waals surface area contributed by atoms with Gasteiger partial charge in [-0.3, -0.25) is 4.79 Å². The first-order chi connectivity index (χ1) is 9.63. The number of fused-ring (bicyclic) bond motifs is 1. The molecular weight excluding hydrogens is 318 g/mol. The van der Waals surface area contributed by atoms with Gasteiger partial charge in [-0.2, -0.15) is 0 Å². The SMILES string of the molecule is Cc1nc(NC(=O)C2Cc3ccccc3N2)ccc1Br. The van der Waals surface area contributed by atoms with E-state index in [9.17, 15) is 4.79 Å². The summed E-state index contributed by atoms with van der Waals surface area (Å²) in [5.41, 5.74) is 3.06. The van der Waals surface area contributed by atoms with Crippen molar-refractivity contribution in [3.63, 3.8) is 0 Å². The molecule has 4 nitrogen and oxygen atoms in total. The lowest BCUT2D eigenvalue weighted by molar-refractivity contribution is -0.116. The molecule has 1 atom stereocenters. The summed E-state index contributed by atoms with van der Waals surface area (Å²) in [6.07, 6.45) is 0.706. The fourth-order valence-corrected chi connectivity index (χ4v) is 2.50. The number of carbonyl (C=O) groups is 1. The first-order valence-corrected chi connectivity index (χ1v) is 7.21. The molecule has 0 saturated heterocycles. The van der Waals surface area contributed by atoms with Gasteiger partial charge < -0.3 is 10.6 Å². The molecule has 2 N–H and O–H groups in total. The summed E-state index contributed by atoms with van der Waals surface area (Å²) >= 11 is 3.39. The largest absolute Gasteiger partial charge is 0.373 e. The predicted molar refractivity (Wildman–Crippen MR) is 82.9 cm³/mol. The predicted octanol–water partition coefficient (Wildman–Crippen LogP) is 3.13. The number of benzene rings is 1. The summed E-state index contributed by atoms with van der Waals surface area (Å²) in [6, 6.07) is 11.4. The second kappa shape index (κ2) is 5.25. The van der Waals surface area contributed by atoms with Crippen LogP contribution in [-0.2, 0) is 11.2 Å². The molecule has 1 unspecified atom stereocenters. The molecule has 1 aromatic heterocycles. The van der Waals surface area contributed by atoms with Crippen molar-refractivity contribution in [2.75, 3.05) is 10.6 Å². The van der Waals surface area contributed by atoms with Crippen LogP contribution >= 0.6 is 15.9 Å². The molecular formula is C15H14BrN3O. The van der Waals surface area contributed by atoms with Crippen LogP contribution in [0, 0.1) is 6.92 Å². The monoisotopic (exact) mass is 331 g/mol. The minimum absolute atomic E-state index is 0.0598. The minimum Gasteiger partial charge on any atom is -0.373 e. The van der Waals surface area contributed by atoms with Crippen molar-refractivity contribution in [3.05, 3.63) is 52.1 Å². The van der Waals surface area contributed by atoms with E-state index in [2.05, 4.69) is 31.5 Å². The van der Waals surface area contributed by atoms with Crippen LogP contribution in [0.2, 0.25) is 0 Å². The molecule has 1 aromatic carbocycles. The molecule has 5 heteroatoms. The number of halogens is 1. The summed E-state index contributed by atoms with van der Waals surface area (Å²) in [5, 5.41) is 6.08. The van der Waals surface area contributed by atoms with Gasteiger partial charge in [0.1, 0.15) is 11.9 Å². The molecule has 0 aliphatic carbocycles. The highest BCUT2D eigenvalue weighted by Crippen LogP contribution is 2.25. The standard InChI is InChI=1S/C15H14BrN3O/c1-9-11(16)6-7-14(17-9)19-15(20)13-8-10-4-2-3-5-12(10)18-13/h2-7,13,18H,8H2,1H3,(H,17,19,20). The van der Waals surface area contributed by atoms with Crippen LogP contribution in [-0.4, -0.2) is 16.9 Å². The Hall–Kier alpha value is -1.88. The number of pyridine rings is 1. The molecule has 20 heavy (non-hydrogen) atoms. The summed E-state index contributed by atoms with van der Waals surface area (Å²) in [5.74, 6) is 0.517. The van der Waals surface area contributed by atoms with E-state index >= 15 is 0 Å². The number of amides is 1. The zero-order chi connectivity index (χ0) is 14.1. The van der Waals surface area contributed by atoms with Gasteiger partial charge in [0.15, 0.2) is 0 Å². The van der Waals surface area contributed by atoms with Gasteiger partial charge in [-0.15, -0.1) is 0 Å². The molecule has 0 radical (unpaired) electrons. The molecule has 0 saturated carbocycles. The van der Waals surface area contributed by atoms with Crippen molar-refractivity contribution in [2.45, 2.75) is 19.4 Å². The number of para-hydroxylation sites is 1. The van der Waals surface area contributed by atoms with Gasteiger partial charge in [-0.05, 0) is 46.6 Å². The molecule has 0 bridgehead atoms. The van der Waals surface area contributed by atoms with Gasteiger partial charge in [0.2, 0.25) is 5.91 Å². The maximum absolute atomic E-state index is 12.3. The van der Waals surface area contributed by atoms with E-state index in [4.69, 9.17) is 0 Å². The summed E-state index contributed by atoms with van der Waals surface area (Å²) < 4.78 is 0.932. The topological polar surface area (TPSA) is 54.0 Å². The molecule has 102 valence electrons. The van der Waals surface area contributed by atoms with E-state index in [1.54, 1.807) is 6.07 Å². The molecule has 3 rings (SSSR count). The molecule has 0 fully saturated rings. The van der Waals surface area contributed by atoms with Crippen LogP contribution in [0.1, 0.15) is 11.3 Å². The minimum atomic E-state index is -0.238. The Kier molecular flexibility index (Phi) is 3.44.